The van der Waals surface area contributed by atoms with Crippen LogP contribution in [0, 0.1) is 0 Å². The van der Waals surface area contributed by atoms with E-state index in [0.717, 1.165) is 27.5 Å². The quantitative estimate of drug-likeness (QED) is 0.598. The molecule has 0 saturated heterocycles. The first-order valence-electron chi connectivity index (χ1n) is 6.60. The molecule has 0 radical (unpaired) electrons. The molecule has 21 heavy (non-hydrogen) atoms. The van der Waals surface area contributed by atoms with Gasteiger partial charge in [-0.15, -0.1) is 0 Å². The van der Waals surface area contributed by atoms with E-state index in [0.29, 0.717) is 12.5 Å². The second-order valence-corrected chi connectivity index (χ2v) is 4.88. The Labute approximate surface area is 120 Å². The Morgan fingerprint density at radius 1 is 1.24 bits per heavy atom. The molecule has 7 nitrogen and oxygen atoms in total. The smallest absolute Gasteiger partial charge is 0.223 e. The van der Waals surface area contributed by atoms with E-state index in [1.807, 2.05) is 19.3 Å². The number of hydrogen-bond acceptors (Lipinski definition) is 5. The lowest BCUT2D eigenvalue weighted by Gasteiger charge is -2.05. The number of aromatic nitrogens is 6. The molecule has 3 heterocycles. The van der Waals surface area contributed by atoms with Gasteiger partial charge >= 0.3 is 0 Å². The van der Waals surface area contributed by atoms with Crippen molar-refractivity contribution in [2.45, 2.75) is 6.54 Å². The molecule has 3 aromatic heterocycles. The van der Waals surface area contributed by atoms with E-state index in [1.54, 1.807) is 17.1 Å². The summed E-state index contributed by atoms with van der Waals surface area (Å²) in [5.41, 5.74) is 3.94. The van der Waals surface area contributed by atoms with Crippen LogP contribution in [0.4, 0.5) is 5.95 Å². The van der Waals surface area contributed by atoms with Crippen molar-refractivity contribution >= 4 is 27.9 Å². The van der Waals surface area contributed by atoms with Crippen LogP contribution >= 0.6 is 0 Å². The Hall–Kier alpha value is -2.96. The number of nitrogens with one attached hydrogen (secondary N) is 2. The lowest BCUT2D eigenvalue weighted by Crippen LogP contribution is -2.03. The van der Waals surface area contributed by atoms with Crippen LogP contribution in [0.3, 0.4) is 0 Å². The molecule has 0 aliphatic carbocycles. The molecule has 7 heteroatoms. The van der Waals surface area contributed by atoms with Gasteiger partial charge in [0, 0.05) is 19.0 Å². The molecule has 0 fully saturated rings. The number of nitrogens with zero attached hydrogens (tertiary/aromatic N) is 5. The van der Waals surface area contributed by atoms with Crippen LogP contribution in [-0.2, 0) is 13.6 Å². The summed E-state index contributed by atoms with van der Waals surface area (Å²) in [6.07, 6.45) is 5.33. The van der Waals surface area contributed by atoms with Crippen molar-refractivity contribution in [1.29, 1.82) is 0 Å². The van der Waals surface area contributed by atoms with E-state index < -0.39 is 0 Å². The highest BCUT2D eigenvalue weighted by molar-refractivity contribution is 5.78. The number of hydrogen-bond donors (Lipinski definition) is 2. The molecule has 0 spiro atoms. The number of aryl methyl sites for hydroxylation is 1. The first kappa shape index (κ1) is 11.8. The van der Waals surface area contributed by atoms with Crippen LogP contribution in [0.25, 0.3) is 21.9 Å². The first-order chi connectivity index (χ1) is 10.3. The van der Waals surface area contributed by atoms with Gasteiger partial charge in [-0.25, -0.2) is 9.97 Å². The molecule has 0 amide bonds. The largest absolute Gasteiger partial charge is 0.350 e. The van der Waals surface area contributed by atoms with Crippen LogP contribution in [0.5, 0.6) is 0 Å². The Morgan fingerprint density at radius 2 is 2.19 bits per heavy atom. The van der Waals surface area contributed by atoms with Gasteiger partial charge in [0.15, 0.2) is 0 Å². The molecule has 104 valence electrons. The summed E-state index contributed by atoms with van der Waals surface area (Å²) in [6.45, 7) is 0.660. The molecule has 0 atom stereocenters. The minimum Gasteiger partial charge on any atom is -0.350 e. The molecular formula is C14H13N7. The molecule has 0 aliphatic heterocycles. The van der Waals surface area contributed by atoms with Gasteiger partial charge in [0.25, 0.3) is 0 Å². The maximum atomic E-state index is 4.44. The van der Waals surface area contributed by atoms with Crippen molar-refractivity contribution in [3.63, 3.8) is 0 Å². The van der Waals surface area contributed by atoms with Crippen molar-refractivity contribution in [2.75, 3.05) is 5.32 Å². The van der Waals surface area contributed by atoms with Crippen molar-refractivity contribution < 1.29 is 0 Å². The topological polar surface area (TPSA) is 84.3 Å². The number of aromatic amines is 1. The van der Waals surface area contributed by atoms with E-state index in [2.05, 4.69) is 42.7 Å². The third-order valence-corrected chi connectivity index (χ3v) is 3.46. The van der Waals surface area contributed by atoms with Gasteiger partial charge < -0.3 is 5.32 Å². The highest BCUT2D eigenvalue weighted by Crippen LogP contribution is 2.15. The van der Waals surface area contributed by atoms with E-state index in [-0.39, 0.29) is 0 Å². The van der Waals surface area contributed by atoms with Crippen LogP contribution < -0.4 is 5.32 Å². The molecule has 0 saturated carbocycles. The van der Waals surface area contributed by atoms with Gasteiger partial charge in [0.2, 0.25) is 5.95 Å². The third-order valence-electron chi connectivity index (χ3n) is 3.46. The van der Waals surface area contributed by atoms with Crippen LogP contribution in [0.1, 0.15) is 5.56 Å². The van der Waals surface area contributed by atoms with Gasteiger partial charge in [0.05, 0.1) is 24.1 Å². The SMILES string of the molecule is Cn1ncc2nc(NCc3ccc4[nH]ncc4c3)ncc21. The highest BCUT2D eigenvalue weighted by atomic mass is 15.3. The Bertz CT molecular complexity index is 921. The number of H-pyrrole nitrogens is 1. The maximum absolute atomic E-state index is 4.44. The Balaban J connectivity index is 1.56. The van der Waals surface area contributed by atoms with Crippen LogP contribution in [0.2, 0.25) is 0 Å². The predicted molar refractivity (Wildman–Crippen MR) is 79.7 cm³/mol. The van der Waals surface area contributed by atoms with Crippen molar-refractivity contribution in [3.8, 4) is 0 Å². The molecule has 4 rings (SSSR count). The minimum atomic E-state index is 0.600. The van der Waals surface area contributed by atoms with Gasteiger partial charge in [-0.2, -0.15) is 10.2 Å². The number of rotatable bonds is 3. The Kier molecular flexibility index (Phi) is 2.56. The second-order valence-electron chi connectivity index (χ2n) is 4.88. The van der Waals surface area contributed by atoms with Gasteiger partial charge in [-0.3, -0.25) is 9.78 Å². The maximum Gasteiger partial charge on any atom is 0.223 e. The van der Waals surface area contributed by atoms with Crippen molar-refractivity contribution in [2.24, 2.45) is 7.05 Å². The molecule has 0 unspecified atom stereocenters. The van der Waals surface area contributed by atoms with Crippen molar-refractivity contribution in [3.05, 3.63) is 42.4 Å². The fourth-order valence-corrected chi connectivity index (χ4v) is 2.30. The zero-order valence-electron chi connectivity index (χ0n) is 11.4. The summed E-state index contributed by atoms with van der Waals surface area (Å²) in [5, 5.41) is 15.4. The average molecular weight is 279 g/mol. The standard InChI is InChI=1S/C14H13N7/c1-21-13-8-16-14(19-12(13)7-18-21)15-5-9-2-3-11-10(4-9)6-17-20-11/h2-4,6-8H,5H2,1H3,(H,17,20)(H,15,16,19). The normalized spacial score (nSPS) is 11.3. The van der Waals surface area contributed by atoms with Gasteiger partial charge in [-0.1, -0.05) is 6.07 Å². The number of benzene rings is 1. The molecule has 2 N–H and O–H groups in total. The van der Waals surface area contributed by atoms with Gasteiger partial charge in [-0.05, 0) is 17.7 Å². The fourth-order valence-electron chi connectivity index (χ4n) is 2.30. The third kappa shape index (κ3) is 2.08. The molecule has 0 aliphatic rings. The fraction of sp³-hybridized carbons (Fsp3) is 0.143. The summed E-state index contributed by atoms with van der Waals surface area (Å²) in [7, 11) is 1.87. The van der Waals surface area contributed by atoms with E-state index in [1.165, 1.54) is 0 Å². The summed E-state index contributed by atoms with van der Waals surface area (Å²) in [6, 6.07) is 6.16. The lowest BCUT2D eigenvalue weighted by atomic mass is 10.1. The van der Waals surface area contributed by atoms with E-state index >= 15 is 0 Å². The van der Waals surface area contributed by atoms with Crippen LogP contribution in [0.15, 0.2) is 36.8 Å². The van der Waals surface area contributed by atoms with E-state index in [4.69, 9.17) is 0 Å². The van der Waals surface area contributed by atoms with E-state index in [9.17, 15) is 0 Å². The summed E-state index contributed by atoms with van der Waals surface area (Å²) < 4.78 is 1.76. The second kappa shape index (κ2) is 4.55. The average Bonchev–Trinajstić information content (AvgIpc) is 3.11. The predicted octanol–water partition coefficient (Wildman–Crippen LogP) is 1.85. The highest BCUT2D eigenvalue weighted by Gasteiger charge is 2.04. The number of fused-ring (bicyclic) bond motifs is 2. The molecule has 1 aromatic carbocycles. The summed E-state index contributed by atoms with van der Waals surface area (Å²) in [4.78, 5) is 8.75. The zero-order valence-corrected chi connectivity index (χ0v) is 11.4. The van der Waals surface area contributed by atoms with Crippen molar-refractivity contribution in [1.82, 2.24) is 29.9 Å². The Morgan fingerprint density at radius 3 is 3.14 bits per heavy atom. The molecule has 0 bridgehead atoms. The number of anilines is 1. The minimum absolute atomic E-state index is 0.600. The van der Waals surface area contributed by atoms with Crippen LogP contribution in [-0.4, -0.2) is 29.9 Å². The zero-order chi connectivity index (χ0) is 14.2. The summed E-state index contributed by atoms with van der Waals surface area (Å²) in [5.74, 6) is 0.600. The molecule has 4 aromatic rings. The van der Waals surface area contributed by atoms with Gasteiger partial charge in [0.1, 0.15) is 11.0 Å². The lowest BCUT2D eigenvalue weighted by molar-refractivity contribution is 0.795. The first-order valence-corrected chi connectivity index (χ1v) is 6.60. The molecular weight excluding hydrogens is 266 g/mol. The summed E-state index contributed by atoms with van der Waals surface area (Å²) >= 11 is 0. The monoisotopic (exact) mass is 279 g/mol.